The van der Waals surface area contributed by atoms with E-state index in [0.29, 0.717) is 0 Å². The lowest BCUT2D eigenvalue weighted by molar-refractivity contribution is 0.847. The van der Waals surface area contributed by atoms with Crippen LogP contribution in [0.5, 0.6) is 0 Å². The van der Waals surface area contributed by atoms with Gasteiger partial charge in [-0.05, 0) is 36.4 Å². The van der Waals surface area contributed by atoms with Gasteiger partial charge in [-0.25, -0.2) is 14.3 Å². The van der Waals surface area contributed by atoms with Gasteiger partial charge >= 0.3 is 0 Å². The topological polar surface area (TPSA) is 61.4 Å². The second-order valence-electron chi connectivity index (χ2n) is 4.68. The van der Waals surface area contributed by atoms with Gasteiger partial charge in [-0.2, -0.15) is 10.2 Å². The predicted octanol–water partition coefficient (Wildman–Crippen LogP) is 2.51. The lowest BCUT2D eigenvalue weighted by atomic mass is 10.2. The van der Waals surface area contributed by atoms with E-state index >= 15 is 0 Å². The average Bonchev–Trinajstić information content (AvgIpc) is 3.29. The Morgan fingerprint density at radius 2 is 1.55 bits per heavy atom. The molecule has 0 fully saturated rings. The SMILES string of the molecule is c1cc(-c2cc(-n3cccn3)ccn2)nc(-n2cccn2)c1. The van der Waals surface area contributed by atoms with Crippen molar-refractivity contribution in [2.45, 2.75) is 0 Å². The lowest BCUT2D eigenvalue weighted by Crippen LogP contribution is -2.00. The Morgan fingerprint density at radius 1 is 0.727 bits per heavy atom. The van der Waals surface area contributed by atoms with Gasteiger partial charge in [0, 0.05) is 31.0 Å². The fraction of sp³-hybridized carbons (Fsp3) is 0. The zero-order valence-electron chi connectivity index (χ0n) is 11.6. The van der Waals surface area contributed by atoms with E-state index in [-0.39, 0.29) is 0 Å². The molecule has 0 N–H and O–H groups in total. The predicted molar refractivity (Wildman–Crippen MR) is 81.7 cm³/mol. The van der Waals surface area contributed by atoms with Crippen LogP contribution in [0.4, 0.5) is 0 Å². The van der Waals surface area contributed by atoms with E-state index in [4.69, 9.17) is 0 Å². The van der Waals surface area contributed by atoms with Crippen LogP contribution in [-0.2, 0) is 0 Å². The smallest absolute Gasteiger partial charge is 0.154 e. The van der Waals surface area contributed by atoms with Crippen LogP contribution >= 0.6 is 0 Å². The first-order valence-corrected chi connectivity index (χ1v) is 6.84. The van der Waals surface area contributed by atoms with Gasteiger partial charge in [0.15, 0.2) is 5.82 Å². The summed E-state index contributed by atoms with van der Waals surface area (Å²) in [4.78, 5) is 9.02. The Bertz CT molecular complexity index is 805. The molecule has 0 aromatic carbocycles. The van der Waals surface area contributed by atoms with Crippen LogP contribution in [-0.4, -0.2) is 29.5 Å². The molecule has 4 aromatic heterocycles. The van der Waals surface area contributed by atoms with E-state index in [2.05, 4.69) is 20.2 Å². The van der Waals surface area contributed by atoms with Gasteiger partial charge in [0.1, 0.15) is 0 Å². The average molecular weight is 288 g/mol. The fourth-order valence-electron chi connectivity index (χ4n) is 2.22. The van der Waals surface area contributed by atoms with Gasteiger partial charge in [0.2, 0.25) is 0 Å². The highest BCUT2D eigenvalue weighted by Crippen LogP contribution is 2.18. The van der Waals surface area contributed by atoms with Gasteiger partial charge in [0.25, 0.3) is 0 Å². The number of aromatic nitrogens is 6. The van der Waals surface area contributed by atoms with Gasteiger partial charge in [-0.1, -0.05) is 6.07 Å². The number of nitrogens with zero attached hydrogens (tertiary/aromatic N) is 6. The molecule has 4 aromatic rings. The Labute approximate surface area is 126 Å². The van der Waals surface area contributed by atoms with Crippen LogP contribution in [0.15, 0.2) is 73.4 Å². The third kappa shape index (κ3) is 2.26. The Kier molecular flexibility index (Phi) is 2.97. The van der Waals surface area contributed by atoms with Crippen LogP contribution in [0.1, 0.15) is 0 Å². The molecule has 0 spiro atoms. The minimum atomic E-state index is 0.758. The van der Waals surface area contributed by atoms with Crippen LogP contribution < -0.4 is 0 Å². The standard InChI is InChI=1S/C16H12N6/c1-4-14(20-16(5-1)22-11-3-8-19-22)15-12-13(6-9-17-15)21-10-2-7-18-21/h1-12H. The van der Waals surface area contributed by atoms with Crippen LogP contribution in [0, 0.1) is 0 Å². The number of rotatable bonds is 3. The summed E-state index contributed by atoms with van der Waals surface area (Å²) in [6.07, 6.45) is 8.99. The lowest BCUT2D eigenvalue weighted by Gasteiger charge is -2.06. The largest absolute Gasteiger partial charge is 0.254 e. The second kappa shape index (κ2) is 5.25. The number of hydrogen-bond donors (Lipinski definition) is 0. The Morgan fingerprint density at radius 3 is 2.32 bits per heavy atom. The second-order valence-corrected chi connectivity index (χ2v) is 4.68. The number of hydrogen-bond acceptors (Lipinski definition) is 4. The van der Waals surface area contributed by atoms with E-state index in [0.717, 1.165) is 22.9 Å². The van der Waals surface area contributed by atoms with Crippen molar-refractivity contribution < 1.29 is 0 Å². The summed E-state index contributed by atoms with van der Waals surface area (Å²) >= 11 is 0. The molecular weight excluding hydrogens is 276 g/mol. The molecule has 0 amide bonds. The highest BCUT2D eigenvalue weighted by molar-refractivity contribution is 5.58. The molecule has 0 aliphatic heterocycles. The summed E-state index contributed by atoms with van der Waals surface area (Å²) in [5.74, 6) is 0.758. The first kappa shape index (κ1) is 12.5. The molecule has 4 rings (SSSR count). The van der Waals surface area contributed by atoms with Gasteiger partial charge in [-0.3, -0.25) is 4.98 Å². The molecule has 4 heterocycles. The number of pyridine rings is 2. The van der Waals surface area contributed by atoms with Crippen molar-refractivity contribution in [3.8, 4) is 22.9 Å². The van der Waals surface area contributed by atoms with Gasteiger partial charge < -0.3 is 0 Å². The zero-order chi connectivity index (χ0) is 14.8. The van der Waals surface area contributed by atoms with Crippen molar-refractivity contribution in [3.63, 3.8) is 0 Å². The molecule has 22 heavy (non-hydrogen) atoms. The molecule has 6 nitrogen and oxygen atoms in total. The molecule has 0 aliphatic carbocycles. The van der Waals surface area contributed by atoms with Gasteiger partial charge in [0.05, 0.1) is 17.1 Å². The quantitative estimate of drug-likeness (QED) is 0.581. The van der Waals surface area contributed by atoms with Gasteiger partial charge in [-0.15, -0.1) is 0 Å². The molecule has 0 unspecified atom stereocenters. The summed E-state index contributed by atoms with van der Waals surface area (Å²) in [5.41, 5.74) is 2.53. The van der Waals surface area contributed by atoms with Crippen LogP contribution in [0.3, 0.4) is 0 Å². The molecule has 0 saturated heterocycles. The minimum Gasteiger partial charge on any atom is -0.254 e. The fourth-order valence-corrected chi connectivity index (χ4v) is 2.22. The Balaban J connectivity index is 1.76. The van der Waals surface area contributed by atoms with E-state index in [9.17, 15) is 0 Å². The van der Waals surface area contributed by atoms with Crippen molar-refractivity contribution in [3.05, 3.63) is 73.4 Å². The summed E-state index contributed by atoms with van der Waals surface area (Å²) in [6.45, 7) is 0. The van der Waals surface area contributed by atoms with Crippen LogP contribution in [0.25, 0.3) is 22.9 Å². The van der Waals surface area contributed by atoms with Crippen molar-refractivity contribution >= 4 is 0 Å². The molecule has 0 saturated carbocycles. The summed E-state index contributed by atoms with van der Waals surface area (Å²) in [5, 5.41) is 8.43. The third-order valence-electron chi connectivity index (χ3n) is 3.25. The molecule has 0 aliphatic rings. The minimum absolute atomic E-state index is 0.758. The first-order chi connectivity index (χ1) is 10.9. The van der Waals surface area contributed by atoms with Crippen molar-refractivity contribution in [2.75, 3.05) is 0 Å². The molecule has 0 atom stereocenters. The van der Waals surface area contributed by atoms with E-state index in [1.54, 1.807) is 28.0 Å². The summed E-state index contributed by atoms with van der Waals surface area (Å²) in [7, 11) is 0. The van der Waals surface area contributed by atoms with E-state index in [1.807, 2.05) is 54.9 Å². The summed E-state index contributed by atoms with van der Waals surface area (Å²) in [6, 6.07) is 13.4. The van der Waals surface area contributed by atoms with Crippen LogP contribution in [0.2, 0.25) is 0 Å². The van der Waals surface area contributed by atoms with E-state index < -0.39 is 0 Å². The third-order valence-corrected chi connectivity index (χ3v) is 3.25. The summed E-state index contributed by atoms with van der Waals surface area (Å²) < 4.78 is 3.52. The maximum absolute atomic E-state index is 4.62. The highest BCUT2D eigenvalue weighted by Gasteiger charge is 2.06. The highest BCUT2D eigenvalue weighted by atomic mass is 15.3. The molecule has 0 bridgehead atoms. The van der Waals surface area contributed by atoms with Crippen molar-refractivity contribution in [2.24, 2.45) is 0 Å². The molecule has 6 heteroatoms. The Hall–Kier alpha value is -3.28. The van der Waals surface area contributed by atoms with Crippen molar-refractivity contribution in [1.29, 1.82) is 0 Å². The molecule has 106 valence electrons. The molecule has 0 radical (unpaired) electrons. The monoisotopic (exact) mass is 288 g/mol. The zero-order valence-corrected chi connectivity index (χ0v) is 11.6. The maximum Gasteiger partial charge on any atom is 0.154 e. The normalized spacial score (nSPS) is 10.7. The maximum atomic E-state index is 4.62. The van der Waals surface area contributed by atoms with E-state index in [1.165, 1.54) is 0 Å². The molecular formula is C16H12N6. The first-order valence-electron chi connectivity index (χ1n) is 6.84. The van der Waals surface area contributed by atoms with Crippen molar-refractivity contribution in [1.82, 2.24) is 29.5 Å².